The van der Waals surface area contributed by atoms with Crippen LogP contribution in [0, 0.1) is 0 Å². The number of rotatable bonds is 2. The average molecular weight is 333 g/mol. The Kier molecular flexibility index (Phi) is 4.38. The second kappa shape index (κ2) is 5.87. The maximum atomic E-state index is 12.0. The SMILES string of the molecule is COC(=O)c1ccc(-c2cc(Cl)cc(Cl)c2Cl)c(=O)[nH]1. The number of aromatic nitrogens is 1. The highest BCUT2D eigenvalue weighted by Gasteiger charge is 2.14. The Morgan fingerprint density at radius 2 is 1.85 bits per heavy atom. The average Bonchev–Trinajstić information content (AvgIpc) is 2.42. The molecule has 2 aromatic rings. The summed E-state index contributed by atoms with van der Waals surface area (Å²) in [6, 6.07) is 5.89. The zero-order valence-electron chi connectivity index (χ0n) is 10.2. The molecule has 4 nitrogen and oxygen atoms in total. The number of carbonyl (C=O) groups excluding carboxylic acids is 1. The van der Waals surface area contributed by atoms with Crippen LogP contribution in [0.4, 0.5) is 0 Å². The van der Waals surface area contributed by atoms with E-state index < -0.39 is 11.5 Å². The van der Waals surface area contributed by atoms with Gasteiger partial charge in [0, 0.05) is 16.1 Å². The van der Waals surface area contributed by atoms with Crippen LogP contribution in [-0.2, 0) is 4.74 Å². The molecule has 2 rings (SSSR count). The van der Waals surface area contributed by atoms with Crippen molar-refractivity contribution in [1.29, 1.82) is 0 Å². The fourth-order valence-corrected chi connectivity index (χ4v) is 2.37. The third kappa shape index (κ3) is 2.82. The molecular formula is C13H8Cl3NO3. The van der Waals surface area contributed by atoms with Gasteiger partial charge >= 0.3 is 5.97 Å². The van der Waals surface area contributed by atoms with Crippen molar-refractivity contribution in [2.45, 2.75) is 0 Å². The lowest BCUT2D eigenvalue weighted by Crippen LogP contribution is -2.15. The van der Waals surface area contributed by atoms with E-state index in [1.54, 1.807) is 0 Å². The van der Waals surface area contributed by atoms with Gasteiger partial charge in [0.25, 0.3) is 5.56 Å². The maximum absolute atomic E-state index is 12.0. The quantitative estimate of drug-likeness (QED) is 0.672. The Balaban J connectivity index is 2.60. The molecule has 0 amide bonds. The molecule has 0 unspecified atom stereocenters. The van der Waals surface area contributed by atoms with Gasteiger partial charge in [0.2, 0.25) is 0 Å². The number of pyridine rings is 1. The van der Waals surface area contributed by atoms with Gasteiger partial charge in [-0.3, -0.25) is 4.79 Å². The van der Waals surface area contributed by atoms with Crippen molar-refractivity contribution in [2.24, 2.45) is 0 Å². The van der Waals surface area contributed by atoms with Gasteiger partial charge in [-0.25, -0.2) is 4.79 Å². The Morgan fingerprint density at radius 3 is 2.45 bits per heavy atom. The monoisotopic (exact) mass is 331 g/mol. The number of H-pyrrole nitrogens is 1. The summed E-state index contributed by atoms with van der Waals surface area (Å²) in [6.07, 6.45) is 0. The van der Waals surface area contributed by atoms with E-state index in [-0.39, 0.29) is 21.3 Å². The van der Waals surface area contributed by atoms with Gasteiger partial charge in [0.05, 0.1) is 17.2 Å². The normalized spacial score (nSPS) is 10.4. The van der Waals surface area contributed by atoms with Gasteiger partial charge in [-0.1, -0.05) is 34.8 Å². The van der Waals surface area contributed by atoms with Crippen LogP contribution < -0.4 is 5.56 Å². The molecular weight excluding hydrogens is 325 g/mol. The number of halogens is 3. The number of benzene rings is 1. The highest BCUT2D eigenvalue weighted by atomic mass is 35.5. The number of nitrogens with one attached hydrogen (secondary N) is 1. The van der Waals surface area contributed by atoms with Gasteiger partial charge < -0.3 is 9.72 Å². The number of hydrogen-bond donors (Lipinski definition) is 1. The van der Waals surface area contributed by atoms with Crippen LogP contribution in [0.2, 0.25) is 15.1 Å². The molecule has 0 atom stereocenters. The van der Waals surface area contributed by atoms with Crippen molar-refractivity contribution < 1.29 is 9.53 Å². The number of ether oxygens (including phenoxy) is 1. The molecule has 0 saturated heterocycles. The molecule has 1 aromatic carbocycles. The zero-order chi connectivity index (χ0) is 14.9. The summed E-state index contributed by atoms with van der Waals surface area (Å²) in [7, 11) is 1.22. The van der Waals surface area contributed by atoms with Crippen LogP contribution in [0.15, 0.2) is 29.1 Å². The molecule has 20 heavy (non-hydrogen) atoms. The number of aromatic amines is 1. The molecule has 1 aromatic heterocycles. The fraction of sp³-hybridized carbons (Fsp3) is 0.0769. The summed E-state index contributed by atoms with van der Waals surface area (Å²) in [6.45, 7) is 0. The molecule has 1 heterocycles. The first-order valence-corrected chi connectivity index (χ1v) is 6.54. The predicted molar refractivity (Wildman–Crippen MR) is 78.9 cm³/mol. The number of methoxy groups -OCH3 is 1. The summed E-state index contributed by atoms with van der Waals surface area (Å²) in [5, 5.41) is 0.809. The number of esters is 1. The van der Waals surface area contributed by atoms with Crippen molar-refractivity contribution in [3.63, 3.8) is 0 Å². The molecule has 0 aliphatic heterocycles. The minimum atomic E-state index is -0.635. The van der Waals surface area contributed by atoms with Crippen molar-refractivity contribution >= 4 is 40.8 Å². The third-order valence-electron chi connectivity index (χ3n) is 2.60. The standard InChI is InChI=1S/C13H8Cl3NO3/c1-20-13(19)10-3-2-7(12(18)17-10)8-4-6(14)5-9(15)11(8)16/h2-5H,1H3,(H,17,18). The first-order valence-electron chi connectivity index (χ1n) is 5.40. The van der Waals surface area contributed by atoms with E-state index >= 15 is 0 Å². The Morgan fingerprint density at radius 1 is 1.15 bits per heavy atom. The van der Waals surface area contributed by atoms with Crippen LogP contribution in [-0.4, -0.2) is 18.1 Å². The summed E-state index contributed by atoms with van der Waals surface area (Å²) in [4.78, 5) is 25.8. The van der Waals surface area contributed by atoms with E-state index in [2.05, 4.69) is 9.72 Å². The second-order valence-electron chi connectivity index (χ2n) is 3.86. The first kappa shape index (κ1) is 14.9. The summed E-state index contributed by atoms with van der Waals surface area (Å²) in [5.41, 5.74) is 0.201. The molecule has 0 bridgehead atoms. The maximum Gasteiger partial charge on any atom is 0.354 e. The summed E-state index contributed by atoms with van der Waals surface area (Å²) >= 11 is 17.9. The van der Waals surface area contributed by atoms with E-state index in [9.17, 15) is 9.59 Å². The first-order chi connectivity index (χ1) is 9.43. The van der Waals surface area contributed by atoms with E-state index in [0.717, 1.165) is 0 Å². The van der Waals surface area contributed by atoms with E-state index in [0.29, 0.717) is 10.6 Å². The Labute approximate surface area is 129 Å². The third-order valence-corrected chi connectivity index (χ3v) is 3.62. The lowest BCUT2D eigenvalue weighted by molar-refractivity contribution is 0.0594. The topological polar surface area (TPSA) is 59.2 Å². The van der Waals surface area contributed by atoms with Crippen LogP contribution >= 0.6 is 34.8 Å². The molecule has 7 heteroatoms. The highest BCUT2D eigenvalue weighted by Crippen LogP contribution is 2.35. The molecule has 0 saturated carbocycles. The van der Waals surface area contributed by atoms with E-state index in [4.69, 9.17) is 34.8 Å². The van der Waals surface area contributed by atoms with Crippen molar-refractivity contribution in [3.8, 4) is 11.1 Å². The van der Waals surface area contributed by atoms with Crippen LogP contribution in [0.3, 0.4) is 0 Å². The van der Waals surface area contributed by atoms with Crippen LogP contribution in [0.25, 0.3) is 11.1 Å². The largest absolute Gasteiger partial charge is 0.464 e. The van der Waals surface area contributed by atoms with Gasteiger partial charge in [-0.2, -0.15) is 0 Å². The molecule has 0 fully saturated rings. The molecule has 0 aliphatic carbocycles. The van der Waals surface area contributed by atoms with Gasteiger partial charge in [-0.15, -0.1) is 0 Å². The number of carbonyl (C=O) groups is 1. The van der Waals surface area contributed by atoms with E-state index in [1.807, 2.05) is 0 Å². The molecule has 0 spiro atoms. The predicted octanol–water partition coefficient (Wildman–Crippen LogP) is 3.79. The lowest BCUT2D eigenvalue weighted by atomic mass is 10.1. The smallest absolute Gasteiger partial charge is 0.354 e. The van der Waals surface area contributed by atoms with Crippen molar-refractivity contribution in [3.05, 3.63) is 55.4 Å². The zero-order valence-corrected chi connectivity index (χ0v) is 12.4. The number of hydrogen-bond acceptors (Lipinski definition) is 3. The lowest BCUT2D eigenvalue weighted by Gasteiger charge is -2.07. The van der Waals surface area contributed by atoms with Crippen molar-refractivity contribution in [1.82, 2.24) is 4.98 Å². The van der Waals surface area contributed by atoms with Gasteiger partial charge in [0.1, 0.15) is 5.69 Å². The Bertz CT molecular complexity index is 740. The fourth-order valence-electron chi connectivity index (χ4n) is 1.67. The van der Waals surface area contributed by atoms with Crippen molar-refractivity contribution in [2.75, 3.05) is 7.11 Å². The Hall–Kier alpha value is -1.49. The minimum Gasteiger partial charge on any atom is -0.464 e. The summed E-state index contributed by atoms with van der Waals surface area (Å²) in [5.74, 6) is -0.635. The second-order valence-corrected chi connectivity index (χ2v) is 5.08. The highest BCUT2D eigenvalue weighted by molar-refractivity contribution is 6.45. The van der Waals surface area contributed by atoms with Crippen LogP contribution in [0.5, 0.6) is 0 Å². The molecule has 104 valence electrons. The van der Waals surface area contributed by atoms with E-state index in [1.165, 1.54) is 31.4 Å². The van der Waals surface area contributed by atoms with Crippen LogP contribution in [0.1, 0.15) is 10.5 Å². The van der Waals surface area contributed by atoms with Gasteiger partial charge in [-0.05, 0) is 24.3 Å². The summed E-state index contributed by atoms with van der Waals surface area (Å²) < 4.78 is 4.52. The minimum absolute atomic E-state index is 0.0468. The molecule has 0 radical (unpaired) electrons. The molecule has 1 N–H and O–H groups in total. The van der Waals surface area contributed by atoms with Gasteiger partial charge in [0.15, 0.2) is 0 Å². The molecule has 0 aliphatic rings.